The predicted molar refractivity (Wildman–Crippen MR) is 122 cm³/mol. The van der Waals surface area contributed by atoms with Crippen molar-refractivity contribution in [1.82, 2.24) is 24.9 Å². The van der Waals surface area contributed by atoms with E-state index in [0.29, 0.717) is 28.7 Å². The predicted octanol–water partition coefficient (Wildman–Crippen LogP) is 4.44. The number of hydrogen-bond donors (Lipinski definition) is 3. The van der Waals surface area contributed by atoms with E-state index in [2.05, 4.69) is 20.3 Å². The van der Waals surface area contributed by atoms with Crippen LogP contribution in [0.25, 0.3) is 33.1 Å². The molecule has 0 unspecified atom stereocenters. The van der Waals surface area contributed by atoms with Crippen molar-refractivity contribution in [1.29, 1.82) is 0 Å². The van der Waals surface area contributed by atoms with Gasteiger partial charge in [0.1, 0.15) is 11.3 Å². The Morgan fingerprint density at radius 1 is 1.12 bits per heavy atom. The lowest BCUT2D eigenvalue weighted by atomic mass is 9.61. The number of carboxylic acids is 1. The van der Waals surface area contributed by atoms with Gasteiger partial charge in [-0.05, 0) is 49.0 Å². The molecule has 4 heterocycles. The highest BCUT2D eigenvalue weighted by Crippen LogP contribution is 2.46. The Labute approximate surface area is 188 Å². The van der Waals surface area contributed by atoms with Gasteiger partial charge in [-0.3, -0.25) is 9.78 Å². The van der Waals surface area contributed by atoms with Gasteiger partial charge < -0.3 is 15.4 Å². The third-order valence-corrected chi connectivity index (χ3v) is 7.76. The van der Waals surface area contributed by atoms with Crippen LogP contribution >= 0.6 is 11.3 Å². The van der Waals surface area contributed by atoms with Crippen LogP contribution in [0.1, 0.15) is 25.7 Å². The number of rotatable bonds is 5. The minimum Gasteiger partial charge on any atom is -0.481 e. The van der Waals surface area contributed by atoms with Crippen LogP contribution in [0.4, 0.5) is 5.82 Å². The van der Waals surface area contributed by atoms with Gasteiger partial charge in [0, 0.05) is 30.7 Å². The third-order valence-electron chi connectivity index (χ3n) is 6.87. The van der Waals surface area contributed by atoms with Crippen LogP contribution in [0.5, 0.6) is 0 Å². The summed E-state index contributed by atoms with van der Waals surface area (Å²) in [7, 11) is 0. The molecule has 0 saturated heterocycles. The molecule has 4 aromatic rings. The fourth-order valence-corrected chi connectivity index (χ4v) is 6.08. The van der Waals surface area contributed by atoms with Crippen LogP contribution in [0.2, 0.25) is 0 Å². The summed E-state index contributed by atoms with van der Waals surface area (Å²) in [6, 6.07) is 5.82. The first-order chi connectivity index (χ1) is 15.7. The van der Waals surface area contributed by atoms with E-state index in [1.54, 1.807) is 23.7 Å². The minimum absolute atomic E-state index is 0.123. The number of aromatic amines is 1. The number of aliphatic carboxylic acids is 1. The normalized spacial score (nSPS) is 24.6. The zero-order chi connectivity index (χ0) is 21.7. The quantitative estimate of drug-likeness (QED) is 0.415. The van der Waals surface area contributed by atoms with Gasteiger partial charge >= 0.3 is 5.97 Å². The van der Waals surface area contributed by atoms with Crippen LogP contribution in [0.3, 0.4) is 0 Å². The molecule has 3 fully saturated rings. The monoisotopic (exact) mass is 446 g/mol. The molecule has 7 rings (SSSR count). The van der Waals surface area contributed by atoms with Crippen LogP contribution in [-0.4, -0.2) is 42.0 Å². The standard InChI is InChI=1S/C23H22N6O2S/c30-23(31)18-12-3-5-13(6-4-12)19(18)28-17-10-15(16-2-1-9-32-16)27-21(29-17)14-11-26-22-20(14)24-7-8-25-22/h1-2,7-13,18-19H,3-6H2,(H,25,26)(H,30,31)(H,27,28,29)/t12?,13?,18-,19-/m0/s1. The van der Waals surface area contributed by atoms with Gasteiger partial charge in [-0.25, -0.2) is 15.0 Å². The first kappa shape index (κ1) is 19.4. The Morgan fingerprint density at radius 2 is 1.94 bits per heavy atom. The second kappa shape index (κ2) is 7.67. The number of thiophene rings is 1. The van der Waals surface area contributed by atoms with Crippen molar-refractivity contribution in [2.24, 2.45) is 17.8 Å². The van der Waals surface area contributed by atoms with Crippen molar-refractivity contribution in [2.45, 2.75) is 31.7 Å². The average molecular weight is 447 g/mol. The molecule has 0 amide bonds. The number of nitrogens with one attached hydrogen (secondary N) is 2. The number of carboxylic acid groups (broad SMARTS) is 1. The Hall–Kier alpha value is -3.33. The summed E-state index contributed by atoms with van der Waals surface area (Å²) in [6.45, 7) is 0. The lowest BCUT2D eigenvalue weighted by molar-refractivity contribution is -0.148. The minimum atomic E-state index is -0.712. The van der Waals surface area contributed by atoms with Crippen LogP contribution < -0.4 is 5.32 Å². The number of fused-ring (bicyclic) bond motifs is 4. The van der Waals surface area contributed by atoms with Crippen molar-refractivity contribution >= 4 is 34.3 Å². The van der Waals surface area contributed by atoms with E-state index in [9.17, 15) is 9.90 Å². The second-order valence-corrected chi connectivity index (χ2v) is 9.55. The number of carbonyl (C=O) groups is 1. The van der Waals surface area contributed by atoms with Crippen molar-refractivity contribution in [3.8, 4) is 22.0 Å². The highest BCUT2D eigenvalue weighted by Gasteiger charge is 2.47. The Morgan fingerprint density at radius 3 is 2.72 bits per heavy atom. The fraction of sp³-hybridized carbons (Fsp3) is 0.348. The van der Waals surface area contributed by atoms with E-state index < -0.39 is 5.97 Å². The van der Waals surface area contributed by atoms with Gasteiger partial charge in [0.25, 0.3) is 0 Å². The molecule has 9 heteroatoms. The lowest BCUT2D eigenvalue weighted by Gasteiger charge is -2.47. The van der Waals surface area contributed by atoms with Gasteiger partial charge in [-0.15, -0.1) is 11.3 Å². The molecule has 3 saturated carbocycles. The summed E-state index contributed by atoms with van der Waals surface area (Å²) in [4.78, 5) is 34.7. The molecule has 2 bridgehead atoms. The molecule has 0 aromatic carbocycles. The summed E-state index contributed by atoms with van der Waals surface area (Å²) in [5, 5.41) is 15.5. The van der Waals surface area contributed by atoms with E-state index in [1.807, 2.05) is 29.8 Å². The zero-order valence-electron chi connectivity index (χ0n) is 17.2. The van der Waals surface area contributed by atoms with Gasteiger partial charge in [-0.1, -0.05) is 6.07 Å². The van der Waals surface area contributed by atoms with Gasteiger partial charge in [-0.2, -0.15) is 0 Å². The highest BCUT2D eigenvalue weighted by molar-refractivity contribution is 7.13. The van der Waals surface area contributed by atoms with Crippen molar-refractivity contribution < 1.29 is 9.90 Å². The van der Waals surface area contributed by atoms with E-state index >= 15 is 0 Å². The van der Waals surface area contributed by atoms with Crippen molar-refractivity contribution in [3.63, 3.8) is 0 Å². The topological polar surface area (TPSA) is 117 Å². The van der Waals surface area contributed by atoms with E-state index in [0.717, 1.165) is 41.8 Å². The van der Waals surface area contributed by atoms with Crippen molar-refractivity contribution in [2.75, 3.05) is 5.32 Å². The number of H-pyrrole nitrogens is 1. The van der Waals surface area contributed by atoms with Gasteiger partial charge in [0.15, 0.2) is 11.5 Å². The van der Waals surface area contributed by atoms with Crippen molar-refractivity contribution in [3.05, 3.63) is 42.2 Å². The molecule has 0 aliphatic heterocycles. The fourth-order valence-electron chi connectivity index (χ4n) is 5.40. The summed E-state index contributed by atoms with van der Waals surface area (Å²) in [6.07, 6.45) is 9.26. The molecule has 162 valence electrons. The van der Waals surface area contributed by atoms with Crippen LogP contribution in [0, 0.1) is 17.8 Å². The summed E-state index contributed by atoms with van der Waals surface area (Å²) in [5.74, 6) is 0.681. The maximum atomic E-state index is 12.1. The summed E-state index contributed by atoms with van der Waals surface area (Å²) in [5.41, 5.74) is 2.97. The van der Waals surface area contributed by atoms with Gasteiger partial charge in [0.05, 0.1) is 22.1 Å². The maximum absolute atomic E-state index is 12.1. The molecule has 0 spiro atoms. The highest BCUT2D eigenvalue weighted by atomic mass is 32.1. The maximum Gasteiger partial charge on any atom is 0.308 e. The first-order valence-electron chi connectivity index (χ1n) is 10.9. The second-order valence-electron chi connectivity index (χ2n) is 8.60. The largest absolute Gasteiger partial charge is 0.481 e. The van der Waals surface area contributed by atoms with Crippen LogP contribution in [-0.2, 0) is 4.79 Å². The number of aromatic nitrogens is 5. The number of anilines is 1. The molecule has 8 nitrogen and oxygen atoms in total. The third kappa shape index (κ3) is 3.24. The lowest BCUT2D eigenvalue weighted by Crippen LogP contribution is -2.51. The number of nitrogens with zero attached hydrogens (tertiary/aromatic N) is 4. The summed E-state index contributed by atoms with van der Waals surface area (Å²) < 4.78 is 0. The van der Waals surface area contributed by atoms with Crippen LogP contribution in [0.15, 0.2) is 42.2 Å². The zero-order valence-corrected chi connectivity index (χ0v) is 18.0. The molecule has 32 heavy (non-hydrogen) atoms. The Bertz CT molecular complexity index is 1280. The summed E-state index contributed by atoms with van der Waals surface area (Å²) >= 11 is 1.61. The van der Waals surface area contributed by atoms with Gasteiger partial charge in [0.2, 0.25) is 0 Å². The SMILES string of the molecule is O=C(O)[C@H]1C2CCC(CC2)[C@@H]1Nc1cc(-c2cccs2)nc(-c2c[nH]c3nccnc23)n1. The molecule has 0 radical (unpaired) electrons. The Balaban J connectivity index is 1.44. The van der Waals surface area contributed by atoms with E-state index in [1.165, 1.54) is 0 Å². The molecular formula is C23H22N6O2S. The molecular weight excluding hydrogens is 424 g/mol. The molecule has 3 aliphatic carbocycles. The average Bonchev–Trinajstić information content (AvgIpc) is 3.50. The molecule has 2 atom stereocenters. The van der Waals surface area contributed by atoms with E-state index in [4.69, 9.17) is 9.97 Å². The first-order valence-corrected chi connectivity index (χ1v) is 11.8. The number of hydrogen-bond acceptors (Lipinski definition) is 7. The molecule has 4 aromatic heterocycles. The van der Waals surface area contributed by atoms with E-state index in [-0.39, 0.29) is 17.9 Å². The smallest absolute Gasteiger partial charge is 0.308 e. The Kier molecular flexibility index (Phi) is 4.64. The molecule has 3 N–H and O–H groups in total. The molecule has 3 aliphatic rings.